The molecule has 3 aromatic rings. The first kappa shape index (κ1) is 26.4. The molecule has 10 heteroatoms. The molecule has 0 fully saturated rings. The molecular formula is C28H24ClN3O6. The Hall–Kier alpha value is -4.63. The molecule has 0 aliphatic carbocycles. The largest absolute Gasteiger partial charge is 0.495 e. The molecular weight excluding hydrogens is 510 g/mol. The summed E-state index contributed by atoms with van der Waals surface area (Å²) in [5, 5.41) is 5.31. The fraction of sp³-hybridized carbons (Fsp3) is 0.143. The molecule has 194 valence electrons. The van der Waals surface area contributed by atoms with Gasteiger partial charge in [-0.3, -0.25) is 14.4 Å². The molecule has 1 aliphatic heterocycles. The molecule has 0 radical (unpaired) electrons. The molecule has 3 amide bonds. The molecule has 9 nitrogen and oxygen atoms in total. The van der Waals surface area contributed by atoms with E-state index >= 15 is 0 Å². The molecule has 0 atom stereocenters. The van der Waals surface area contributed by atoms with E-state index in [4.69, 9.17) is 21.1 Å². The summed E-state index contributed by atoms with van der Waals surface area (Å²) in [7, 11) is 1.51. The van der Waals surface area contributed by atoms with Gasteiger partial charge in [0.1, 0.15) is 16.5 Å². The van der Waals surface area contributed by atoms with E-state index in [0.29, 0.717) is 29.1 Å². The second-order valence-corrected chi connectivity index (χ2v) is 8.52. The summed E-state index contributed by atoms with van der Waals surface area (Å²) < 4.78 is 10.4. The average molecular weight is 534 g/mol. The SMILES string of the molecule is CCCOC(=O)c1ccccc1N1C(=O)C(Cl)=C(Nc2ccc(C(=O)Nc3ccccc3OC)cc2)C1=O. The van der Waals surface area contributed by atoms with E-state index in [1.54, 1.807) is 60.7 Å². The fourth-order valence-electron chi connectivity index (χ4n) is 3.74. The third-order valence-corrected chi connectivity index (χ3v) is 5.95. The number of anilines is 3. The second kappa shape index (κ2) is 11.6. The van der Waals surface area contributed by atoms with Gasteiger partial charge in [0, 0.05) is 11.3 Å². The summed E-state index contributed by atoms with van der Waals surface area (Å²) in [5.41, 5.74) is 1.29. The number of methoxy groups -OCH3 is 1. The Morgan fingerprint density at radius 3 is 2.32 bits per heavy atom. The minimum absolute atomic E-state index is 0.0683. The summed E-state index contributed by atoms with van der Waals surface area (Å²) in [5.74, 6) is -1.99. The van der Waals surface area contributed by atoms with Gasteiger partial charge in [-0.1, -0.05) is 42.8 Å². The first-order chi connectivity index (χ1) is 18.3. The number of halogens is 1. The first-order valence-electron chi connectivity index (χ1n) is 11.7. The predicted molar refractivity (Wildman–Crippen MR) is 143 cm³/mol. The molecule has 4 rings (SSSR count). The van der Waals surface area contributed by atoms with Gasteiger partial charge in [0.05, 0.1) is 30.7 Å². The molecule has 3 aromatic carbocycles. The zero-order valence-corrected chi connectivity index (χ0v) is 21.4. The lowest BCUT2D eigenvalue weighted by molar-refractivity contribution is -0.120. The van der Waals surface area contributed by atoms with E-state index in [2.05, 4.69) is 10.6 Å². The minimum atomic E-state index is -0.775. The highest BCUT2D eigenvalue weighted by molar-refractivity contribution is 6.53. The number of carbonyl (C=O) groups is 4. The fourth-order valence-corrected chi connectivity index (χ4v) is 3.95. The van der Waals surface area contributed by atoms with Crippen LogP contribution in [0.5, 0.6) is 5.75 Å². The van der Waals surface area contributed by atoms with E-state index in [1.807, 2.05) is 6.92 Å². The van der Waals surface area contributed by atoms with Gasteiger partial charge in [0.2, 0.25) is 0 Å². The number of ether oxygens (including phenoxy) is 2. The van der Waals surface area contributed by atoms with Crippen LogP contribution in [0.2, 0.25) is 0 Å². The monoisotopic (exact) mass is 533 g/mol. The first-order valence-corrected chi connectivity index (χ1v) is 12.1. The number of hydrogen-bond donors (Lipinski definition) is 2. The molecule has 0 bridgehead atoms. The molecule has 1 aliphatic rings. The highest BCUT2D eigenvalue weighted by Gasteiger charge is 2.40. The lowest BCUT2D eigenvalue weighted by atomic mass is 10.1. The molecule has 0 unspecified atom stereocenters. The summed E-state index contributed by atoms with van der Waals surface area (Å²) in [4.78, 5) is 52.2. The number of carbonyl (C=O) groups excluding carboxylic acids is 4. The zero-order chi connectivity index (χ0) is 27.2. The number of esters is 1. The van der Waals surface area contributed by atoms with Crippen LogP contribution in [0.3, 0.4) is 0 Å². The van der Waals surface area contributed by atoms with Gasteiger partial charge in [-0.25, -0.2) is 9.69 Å². The average Bonchev–Trinajstić information content (AvgIpc) is 3.15. The van der Waals surface area contributed by atoms with Crippen LogP contribution < -0.4 is 20.3 Å². The van der Waals surface area contributed by atoms with Gasteiger partial charge in [-0.2, -0.15) is 0 Å². The third-order valence-electron chi connectivity index (χ3n) is 5.60. The normalized spacial score (nSPS) is 13.0. The number of hydrogen-bond acceptors (Lipinski definition) is 7. The van der Waals surface area contributed by atoms with Crippen molar-refractivity contribution in [2.75, 3.05) is 29.3 Å². The Kier molecular flexibility index (Phi) is 8.08. The summed E-state index contributed by atoms with van der Waals surface area (Å²) in [6.07, 6.45) is 0.623. The van der Waals surface area contributed by atoms with E-state index in [0.717, 1.165) is 4.90 Å². The van der Waals surface area contributed by atoms with E-state index < -0.39 is 17.8 Å². The van der Waals surface area contributed by atoms with Gasteiger partial charge in [-0.15, -0.1) is 0 Å². The molecule has 38 heavy (non-hydrogen) atoms. The highest BCUT2D eigenvalue weighted by atomic mass is 35.5. The summed E-state index contributed by atoms with van der Waals surface area (Å²) in [6.45, 7) is 2.06. The molecule has 0 saturated carbocycles. The predicted octanol–water partition coefficient (Wildman–Crippen LogP) is 4.95. The molecule has 0 spiro atoms. The summed E-state index contributed by atoms with van der Waals surface area (Å²) >= 11 is 6.25. The number of para-hydroxylation sites is 3. The van der Waals surface area contributed by atoms with Gasteiger partial charge in [-0.05, 0) is 55.0 Å². The van der Waals surface area contributed by atoms with Crippen molar-refractivity contribution in [3.63, 3.8) is 0 Å². The topological polar surface area (TPSA) is 114 Å². The van der Waals surface area contributed by atoms with Crippen molar-refractivity contribution in [3.8, 4) is 5.75 Å². The number of nitrogens with one attached hydrogen (secondary N) is 2. The third kappa shape index (κ3) is 5.37. The lowest BCUT2D eigenvalue weighted by Gasteiger charge is -2.18. The molecule has 0 aromatic heterocycles. The highest BCUT2D eigenvalue weighted by Crippen LogP contribution is 2.32. The quantitative estimate of drug-likeness (QED) is 0.295. The van der Waals surface area contributed by atoms with E-state index in [9.17, 15) is 19.2 Å². The zero-order valence-electron chi connectivity index (χ0n) is 20.6. The maximum atomic E-state index is 13.2. The van der Waals surface area contributed by atoms with Crippen LogP contribution in [0.4, 0.5) is 17.1 Å². The van der Waals surface area contributed by atoms with Crippen molar-refractivity contribution in [2.45, 2.75) is 13.3 Å². The Morgan fingerprint density at radius 2 is 1.61 bits per heavy atom. The van der Waals surface area contributed by atoms with Gasteiger partial charge >= 0.3 is 5.97 Å². The number of amides is 3. The maximum Gasteiger partial charge on any atom is 0.340 e. The smallest absolute Gasteiger partial charge is 0.340 e. The van der Waals surface area contributed by atoms with Crippen LogP contribution in [-0.2, 0) is 14.3 Å². The van der Waals surface area contributed by atoms with Crippen LogP contribution in [0.15, 0.2) is 83.5 Å². The second-order valence-electron chi connectivity index (χ2n) is 8.14. The summed E-state index contributed by atoms with van der Waals surface area (Å²) in [6, 6.07) is 19.4. The van der Waals surface area contributed by atoms with Gasteiger partial charge in [0.15, 0.2) is 0 Å². The molecule has 0 saturated heterocycles. The van der Waals surface area contributed by atoms with Crippen LogP contribution >= 0.6 is 11.6 Å². The van der Waals surface area contributed by atoms with Crippen molar-refractivity contribution in [1.29, 1.82) is 0 Å². The number of imide groups is 1. The van der Waals surface area contributed by atoms with Crippen LogP contribution in [0.1, 0.15) is 34.1 Å². The van der Waals surface area contributed by atoms with Crippen LogP contribution in [-0.4, -0.2) is 37.4 Å². The standard InChI is InChI=1S/C28H24ClN3O6/c1-3-16-38-28(36)19-8-4-6-10-21(19)32-26(34)23(29)24(27(32)35)30-18-14-12-17(13-15-18)25(33)31-20-9-5-7-11-22(20)37-2/h4-15,30H,3,16H2,1-2H3,(H,31,33). The Bertz CT molecular complexity index is 1430. The van der Waals surface area contributed by atoms with E-state index in [1.165, 1.54) is 19.2 Å². The maximum absolute atomic E-state index is 13.2. The van der Waals surface area contributed by atoms with Crippen LogP contribution in [0, 0.1) is 0 Å². The number of nitrogens with zero attached hydrogens (tertiary/aromatic N) is 1. The Morgan fingerprint density at radius 1 is 0.921 bits per heavy atom. The van der Waals surface area contributed by atoms with Gasteiger partial charge < -0.3 is 20.1 Å². The van der Waals surface area contributed by atoms with Crippen molar-refractivity contribution in [2.24, 2.45) is 0 Å². The number of rotatable bonds is 9. The lowest BCUT2D eigenvalue weighted by Crippen LogP contribution is -2.33. The minimum Gasteiger partial charge on any atom is -0.495 e. The van der Waals surface area contributed by atoms with Crippen molar-refractivity contribution < 1.29 is 28.7 Å². The Labute approximate surface area is 224 Å². The van der Waals surface area contributed by atoms with Crippen molar-refractivity contribution in [1.82, 2.24) is 0 Å². The molecule has 2 N–H and O–H groups in total. The van der Waals surface area contributed by atoms with Crippen molar-refractivity contribution >= 4 is 52.4 Å². The Balaban J connectivity index is 1.50. The van der Waals surface area contributed by atoms with Gasteiger partial charge in [0.25, 0.3) is 17.7 Å². The number of benzene rings is 3. The van der Waals surface area contributed by atoms with Crippen LogP contribution in [0.25, 0.3) is 0 Å². The molecule has 1 heterocycles. The van der Waals surface area contributed by atoms with E-state index in [-0.39, 0.29) is 34.5 Å². The van der Waals surface area contributed by atoms with Crippen molar-refractivity contribution in [3.05, 3.63) is 94.7 Å².